The van der Waals surface area contributed by atoms with Gasteiger partial charge < -0.3 is 14.3 Å². The van der Waals surface area contributed by atoms with Crippen LogP contribution < -0.4 is 4.74 Å². The molecule has 0 aliphatic carbocycles. The van der Waals surface area contributed by atoms with Crippen LogP contribution in [0.2, 0.25) is 0 Å². The lowest BCUT2D eigenvalue weighted by Gasteiger charge is -2.11. The number of aromatic nitrogens is 2. The molecule has 8 nitrogen and oxygen atoms in total. The summed E-state index contributed by atoms with van der Waals surface area (Å²) < 4.78 is 10.9. The fraction of sp³-hybridized carbons (Fsp3) is 0.211. The third-order valence-corrected chi connectivity index (χ3v) is 3.95. The van der Waals surface area contributed by atoms with E-state index in [1.807, 2.05) is 0 Å². The van der Waals surface area contributed by atoms with Crippen LogP contribution in [0, 0.1) is 0 Å². The van der Waals surface area contributed by atoms with Gasteiger partial charge in [-0.2, -0.15) is 0 Å². The second-order valence-electron chi connectivity index (χ2n) is 5.67. The molecular weight excluding hydrogens is 350 g/mol. The number of nitrogens with zero attached hydrogens (tertiary/aromatic N) is 3. The summed E-state index contributed by atoms with van der Waals surface area (Å²) in [5, 5.41) is 10.6. The number of methoxy groups -OCH3 is 1. The maximum Gasteiger partial charge on any atom is 0.255 e. The second kappa shape index (κ2) is 7.88. The zero-order valence-corrected chi connectivity index (χ0v) is 15.2. The summed E-state index contributed by atoms with van der Waals surface area (Å²) in [5.74, 6) is 1.05. The fourth-order valence-corrected chi connectivity index (χ4v) is 2.43. The van der Waals surface area contributed by atoms with Gasteiger partial charge in [-0.3, -0.25) is 9.63 Å². The number of phenolic OH excluding ortho intramolecular Hbond substituents is 1. The number of hydrogen-bond acceptors (Lipinski definition) is 7. The normalized spacial score (nSPS) is 10.6. The van der Waals surface area contributed by atoms with Crippen molar-refractivity contribution in [2.45, 2.75) is 6.42 Å². The topological polar surface area (TPSA) is 97.9 Å². The Balaban J connectivity index is 2.03. The van der Waals surface area contributed by atoms with Crippen molar-refractivity contribution in [3.8, 4) is 34.2 Å². The number of rotatable bonds is 6. The number of pyridine rings is 1. The van der Waals surface area contributed by atoms with E-state index < -0.39 is 0 Å². The molecule has 0 spiro atoms. The van der Waals surface area contributed by atoms with Gasteiger partial charge in [-0.15, -0.1) is 0 Å². The van der Waals surface area contributed by atoms with Gasteiger partial charge in [0, 0.05) is 30.4 Å². The molecule has 0 fully saturated rings. The van der Waals surface area contributed by atoms with Gasteiger partial charge in [0.05, 0.1) is 14.2 Å². The monoisotopic (exact) mass is 369 g/mol. The minimum atomic E-state index is -0.296. The van der Waals surface area contributed by atoms with E-state index in [0.29, 0.717) is 28.5 Å². The van der Waals surface area contributed by atoms with E-state index in [9.17, 15) is 9.90 Å². The van der Waals surface area contributed by atoms with Gasteiger partial charge in [-0.25, -0.2) is 15.0 Å². The number of benzene rings is 1. The van der Waals surface area contributed by atoms with Gasteiger partial charge in [0.2, 0.25) is 11.8 Å². The molecule has 0 aliphatic heterocycles. The third-order valence-electron chi connectivity index (χ3n) is 3.95. The number of ether oxygens (including phenoxy) is 1. The Morgan fingerprint density at radius 2 is 1.85 bits per heavy atom. The van der Waals surface area contributed by atoms with E-state index in [-0.39, 0.29) is 24.0 Å². The Kier molecular flexibility index (Phi) is 5.37. The molecule has 0 aliphatic rings. The highest BCUT2D eigenvalue weighted by Crippen LogP contribution is 2.33. The number of oxazole rings is 1. The number of hydrogen-bond donors (Lipinski definition) is 1. The van der Waals surface area contributed by atoms with E-state index >= 15 is 0 Å². The lowest BCUT2D eigenvalue weighted by molar-refractivity contribution is -0.168. The fourth-order valence-electron chi connectivity index (χ4n) is 2.43. The lowest BCUT2D eigenvalue weighted by Crippen LogP contribution is -2.27. The second-order valence-corrected chi connectivity index (χ2v) is 5.67. The van der Waals surface area contributed by atoms with Gasteiger partial charge in [-0.1, -0.05) is 0 Å². The molecule has 0 saturated carbocycles. The zero-order valence-electron chi connectivity index (χ0n) is 15.2. The predicted octanol–water partition coefficient (Wildman–Crippen LogP) is 2.68. The van der Waals surface area contributed by atoms with E-state index in [4.69, 9.17) is 14.0 Å². The number of likely N-dealkylation sites (N-methyl/N-ethyl adjacent to an activating group) is 1. The SMILES string of the molecule is COc1ccc(-c2nc(CC(=O)N(C)OC)oc2-c2ccc(O)cc2)cn1. The van der Waals surface area contributed by atoms with Crippen molar-refractivity contribution in [3.05, 3.63) is 48.5 Å². The van der Waals surface area contributed by atoms with Crippen molar-refractivity contribution in [1.29, 1.82) is 0 Å². The van der Waals surface area contributed by atoms with Gasteiger partial charge >= 0.3 is 0 Å². The first kappa shape index (κ1) is 18.4. The van der Waals surface area contributed by atoms with Crippen molar-refractivity contribution < 1.29 is 23.9 Å². The van der Waals surface area contributed by atoms with E-state index in [0.717, 1.165) is 5.06 Å². The molecule has 0 saturated heterocycles. The summed E-state index contributed by atoms with van der Waals surface area (Å²) in [7, 11) is 4.46. The average molecular weight is 369 g/mol. The highest BCUT2D eigenvalue weighted by atomic mass is 16.7. The summed E-state index contributed by atoms with van der Waals surface area (Å²) >= 11 is 0. The molecular formula is C19H19N3O5. The summed E-state index contributed by atoms with van der Waals surface area (Å²) in [4.78, 5) is 25.7. The predicted molar refractivity (Wildman–Crippen MR) is 96.9 cm³/mol. The number of carbonyl (C=O) groups is 1. The minimum Gasteiger partial charge on any atom is -0.508 e. The first-order chi connectivity index (χ1) is 13.0. The molecule has 0 atom stereocenters. The number of amides is 1. The largest absolute Gasteiger partial charge is 0.508 e. The van der Waals surface area contributed by atoms with Crippen LogP contribution in [0.3, 0.4) is 0 Å². The van der Waals surface area contributed by atoms with E-state index in [1.54, 1.807) is 42.6 Å². The maximum absolute atomic E-state index is 12.1. The standard InChI is InChI=1S/C19H19N3O5/c1-22(26-3)17(24)10-16-21-18(13-6-9-15(25-2)20-11-13)19(27-16)12-4-7-14(23)8-5-12/h4-9,11,23H,10H2,1-3H3. The van der Waals surface area contributed by atoms with Crippen LogP contribution in [0.1, 0.15) is 5.89 Å². The Morgan fingerprint density at radius 3 is 2.44 bits per heavy atom. The van der Waals surface area contributed by atoms with Crippen LogP contribution in [0.5, 0.6) is 11.6 Å². The summed E-state index contributed by atoms with van der Waals surface area (Å²) in [6.45, 7) is 0. The smallest absolute Gasteiger partial charge is 0.255 e. The lowest BCUT2D eigenvalue weighted by atomic mass is 10.1. The molecule has 0 unspecified atom stereocenters. The summed E-state index contributed by atoms with van der Waals surface area (Å²) in [5.41, 5.74) is 1.96. The first-order valence-corrected chi connectivity index (χ1v) is 8.12. The quantitative estimate of drug-likeness (QED) is 0.667. The van der Waals surface area contributed by atoms with Gasteiger partial charge in [0.15, 0.2) is 5.76 Å². The van der Waals surface area contributed by atoms with E-state index in [1.165, 1.54) is 21.3 Å². The van der Waals surface area contributed by atoms with Crippen LogP contribution in [0.15, 0.2) is 47.0 Å². The Morgan fingerprint density at radius 1 is 1.15 bits per heavy atom. The molecule has 27 heavy (non-hydrogen) atoms. The van der Waals surface area contributed by atoms with Crippen molar-refractivity contribution in [1.82, 2.24) is 15.0 Å². The van der Waals surface area contributed by atoms with Crippen LogP contribution >= 0.6 is 0 Å². The molecule has 1 N–H and O–H groups in total. The number of carbonyl (C=O) groups excluding carboxylic acids is 1. The van der Waals surface area contributed by atoms with Crippen LogP contribution in [0.25, 0.3) is 22.6 Å². The highest BCUT2D eigenvalue weighted by Gasteiger charge is 2.20. The molecule has 8 heteroatoms. The Bertz CT molecular complexity index is 920. The number of aromatic hydroxyl groups is 1. The Hall–Kier alpha value is -3.39. The third kappa shape index (κ3) is 4.06. The molecule has 3 aromatic rings. The van der Waals surface area contributed by atoms with Gasteiger partial charge in [0.25, 0.3) is 5.91 Å². The average Bonchev–Trinajstić information content (AvgIpc) is 3.11. The van der Waals surface area contributed by atoms with Crippen LogP contribution in [-0.2, 0) is 16.1 Å². The molecule has 2 aromatic heterocycles. The van der Waals surface area contributed by atoms with Gasteiger partial charge in [-0.05, 0) is 30.3 Å². The van der Waals surface area contributed by atoms with Crippen molar-refractivity contribution in [3.63, 3.8) is 0 Å². The molecule has 2 heterocycles. The van der Waals surface area contributed by atoms with Crippen molar-refractivity contribution in [2.75, 3.05) is 21.3 Å². The molecule has 0 radical (unpaired) electrons. The maximum atomic E-state index is 12.1. The summed E-state index contributed by atoms with van der Waals surface area (Å²) in [6, 6.07) is 10.1. The van der Waals surface area contributed by atoms with Gasteiger partial charge in [0.1, 0.15) is 17.9 Å². The highest BCUT2D eigenvalue weighted by molar-refractivity contribution is 5.79. The van der Waals surface area contributed by atoms with Crippen molar-refractivity contribution >= 4 is 5.91 Å². The number of hydroxylamine groups is 2. The zero-order chi connectivity index (χ0) is 19.4. The minimum absolute atomic E-state index is 0.0565. The number of phenols is 1. The summed E-state index contributed by atoms with van der Waals surface area (Å²) in [6.07, 6.45) is 1.56. The molecule has 0 bridgehead atoms. The molecule has 3 rings (SSSR count). The Labute approximate surface area is 156 Å². The van der Waals surface area contributed by atoms with E-state index in [2.05, 4.69) is 9.97 Å². The first-order valence-electron chi connectivity index (χ1n) is 8.12. The molecule has 1 aromatic carbocycles. The van der Waals surface area contributed by atoms with Crippen LogP contribution in [-0.4, -0.2) is 47.3 Å². The van der Waals surface area contributed by atoms with Crippen LogP contribution in [0.4, 0.5) is 0 Å². The molecule has 140 valence electrons. The molecule has 1 amide bonds. The van der Waals surface area contributed by atoms with Crippen molar-refractivity contribution in [2.24, 2.45) is 0 Å².